The Morgan fingerprint density at radius 1 is 0.433 bits per heavy atom. The van der Waals surface area contributed by atoms with Gasteiger partial charge < -0.3 is 18.9 Å². The Kier molecular flexibility index (Phi) is 10.5. The van der Waals surface area contributed by atoms with E-state index in [0.717, 1.165) is 32.7 Å². The van der Waals surface area contributed by atoms with Crippen molar-refractivity contribution in [3.63, 3.8) is 0 Å². The molecular formula is C57H38N2O8. The van der Waals surface area contributed by atoms with Gasteiger partial charge in [-0.3, -0.25) is 19.2 Å². The van der Waals surface area contributed by atoms with Crippen LogP contribution in [0.4, 0.5) is 11.4 Å². The lowest BCUT2D eigenvalue weighted by Gasteiger charge is -2.26. The summed E-state index contributed by atoms with van der Waals surface area (Å²) in [5.74, 6) is 6.33. The quantitative estimate of drug-likeness (QED) is 0.0881. The van der Waals surface area contributed by atoms with Gasteiger partial charge in [0.05, 0.1) is 33.6 Å². The Bertz CT molecular complexity index is 3220. The maximum atomic E-state index is 13.8. The van der Waals surface area contributed by atoms with Crippen molar-refractivity contribution in [3.05, 3.63) is 191 Å². The van der Waals surface area contributed by atoms with Crippen LogP contribution >= 0.6 is 0 Å². The van der Waals surface area contributed by atoms with Crippen LogP contribution < -0.4 is 28.7 Å². The minimum Gasteiger partial charge on any atom is -0.481 e. The molecule has 324 valence electrons. The van der Waals surface area contributed by atoms with Crippen LogP contribution in [0.15, 0.2) is 158 Å². The maximum absolute atomic E-state index is 13.8. The molecule has 0 N–H and O–H groups in total. The normalized spacial score (nSPS) is 13.1. The van der Waals surface area contributed by atoms with E-state index in [2.05, 4.69) is 25.7 Å². The van der Waals surface area contributed by atoms with Crippen molar-refractivity contribution in [1.29, 1.82) is 0 Å². The van der Waals surface area contributed by atoms with Crippen LogP contribution in [0.1, 0.15) is 66.4 Å². The molecule has 10 heteroatoms. The summed E-state index contributed by atoms with van der Waals surface area (Å²) in [7, 11) is 0. The molecule has 4 amide bonds. The number of carbonyl (C=O) groups is 4. The fourth-order valence-corrected chi connectivity index (χ4v) is 8.63. The lowest BCUT2D eigenvalue weighted by molar-refractivity contribution is 0.0910. The summed E-state index contributed by atoms with van der Waals surface area (Å²) >= 11 is 0. The minimum atomic E-state index is -0.439. The number of hydrogen-bond donors (Lipinski definition) is 0. The summed E-state index contributed by atoms with van der Waals surface area (Å²) < 4.78 is 23.6. The van der Waals surface area contributed by atoms with E-state index >= 15 is 0 Å². The average Bonchev–Trinajstić information content (AvgIpc) is 3.74. The summed E-state index contributed by atoms with van der Waals surface area (Å²) in [4.78, 5) is 57.3. The Labute approximate surface area is 385 Å². The molecular weight excluding hydrogens is 841 g/mol. The molecule has 0 atom stereocenters. The number of anilines is 2. The van der Waals surface area contributed by atoms with Gasteiger partial charge in [0, 0.05) is 16.2 Å². The van der Waals surface area contributed by atoms with Crippen molar-refractivity contribution < 1.29 is 38.1 Å². The van der Waals surface area contributed by atoms with Crippen LogP contribution in [0.5, 0.6) is 34.5 Å². The zero-order valence-electron chi connectivity index (χ0n) is 36.2. The van der Waals surface area contributed by atoms with E-state index in [1.54, 1.807) is 72.8 Å². The molecule has 2 heterocycles. The largest absolute Gasteiger partial charge is 0.481 e. The minimum absolute atomic E-state index is 0.128. The first-order valence-corrected chi connectivity index (χ1v) is 21.3. The molecule has 0 radical (unpaired) electrons. The van der Waals surface area contributed by atoms with Crippen molar-refractivity contribution in [2.45, 2.75) is 19.3 Å². The SMILES string of the molecule is C#CCOc1ccc2c(N3C(=O)c4ccc(Oc5ccc(C(C)(C)c6ccc(Oc7ccc8c(c7)C(=O)N(c7cccc9cc(OCC#C)ccc79)C8=O)cc6)cc5)cc4C3=O)cccc2c1. The molecule has 0 unspecified atom stereocenters. The van der Waals surface area contributed by atoms with E-state index in [1.165, 1.54) is 9.80 Å². The molecule has 0 aromatic heterocycles. The molecule has 0 saturated carbocycles. The molecule has 8 aromatic rings. The third-order valence-electron chi connectivity index (χ3n) is 12.1. The van der Waals surface area contributed by atoms with E-state index in [4.69, 9.17) is 31.8 Å². The van der Waals surface area contributed by atoms with Gasteiger partial charge in [-0.05, 0) is 131 Å². The van der Waals surface area contributed by atoms with Gasteiger partial charge in [-0.25, -0.2) is 9.80 Å². The third kappa shape index (κ3) is 7.53. The number of ether oxygens (including phenoxy) is 4. The van der Waals surface area contributed by atoms with E-state index in [9.17, 15) is 19.2 Å². The zero-order valence-corrected chi connectivity index (χ0v) is 36.2. The predicted octanol–water partition coefficient (Wildman–Crippen LogP) is 11.5. The van der Waals surface area contributed by atoms with Crippen molar-refractivity contribution in [1.82, 2.24) is 0 Å². The third-order valence-corrected chi connectivity index (χ3v) is 12.1. The fourth-order valence-electron chi connectivity index (χ4n) is 8.63. The Hall–Kier alpha value is -9.12. The molecule has 8 aromatic carbocycles. The van der Waals surface area contributed by atoms with E-state index in [1.807, 2.05) is 84.9 Å². The smallest absolute Gasteiger partial charge is 0.266 e. The molecule has 10 rings (SSSR count). The standard InChI is InChI=1S/C57H38N2O8/c1-5-29-64-41-21-25-45-35(31-41)9-7-11-51(45)58-53(60)47-27-23-43(33-49(47)55(58)62)66-39-17-13-37(14-18-39)57(3,4)38-15-19-40(20-16-38)67-44-24-28-48-50(34-44)56(63)59(54(48)61)52-12-8-10-36-32-42(65-30-6-2)22-26-46(36)52/h1-2,7-28,31-34H,29-30H2,3-4H3. The fraction of sp³-hybridized carbons (Fsp3) is 0.0877. The highest BCUT2D eigenvalue weighted by molar-refractivity contribution is 6.37. The lowest BCUT2D eigenvalue weighted by Crippen LogP contribution is -2.29. The monoisotopic (exact) mass is 878 g/mol. The highest BCUT2D eigenvalue weighted by Crippen LogP contribution is 2.40. The number of rotatable bonds is 12. The second-order valence-electron chi connectivity index (χ2n) is 16.5. The number of hydrogen-bond acceptors (Lipinski definition) is 8. The number of carbonyl (C=O) groups excluding carboxylic acids is 4. The Morgan fingerprint density at radius 3 is 1.21 bits per heavy atom. The number of imide groups is 2. The van der Waals surface area contributed by atoms with E-state index in [-0.39, 0.29) is 24.3 Å². The lowest BCUT2D eigenvalue weighted by atomic mass is 9.78. The van der Waals surface area contributed by atoms with Gasteiger partial charge in [0.1, 0.15) is 47.7 Å². The van der Waals surface area contributed by atoms with Crippen LogP contribution in [0.3, 0.4) is 0 Å². The number of terminal acetylenes is 2. The van der Waals surface area contributed by atoms with E-state index < -0.39 is 29.0 Å². The molecule has 2 aliphatic heterocycles. The number of fused-ring (bicyclic) bond motifs is 4. The van der Waals surface area contributed by atoms with Gasteiger partial charge in [-0.1, -0.05) is 74.2 Å². The molecule has 2 aliphatic rings. The zero-order chi connectivity index (χ0) is 46.4. The van der Waals surface area contributed by atoms with Crippen molar-refractivity contribution in [3.8, 4) is 59.2 Å². The summed E-state index contributed by atoms with van der Waals surface area (Å²) in [5.41, 5.74) is 3.68. The average molecular weight is 879 g/mol. The molecule has 67 heavy (non-hydrogen) atoms. The van der Waals surface area contributed by atoms with Crippen molar-refractivity contribution in [2.75, 3.05) is 23.0 Å². The molecule has 0 bridgehead atoms. The summed E-state index contributed by atoms with van der Waals surface area (Å²) in [6, 6.07) is 46.9. The molecule has 10 nitrogen and oxygen atoms in total. The summed E-state index contributed by atoms with van der Waals surface area (Å²) in [6.07, 6.45) is 10.7. The van der Waals surface area contributed by atoms with Crippen LogP contribution in [0, 0.1) is 24.7 Å². The highest BCUT2D eigenvalue weighted by atomic mass is 16.5. The van der Waals surface area contributed by atoms with Crippen molar-refractivity contribution >= 4 is 56.5 Å². The first-order chi connectivity index (χ1) is 32.5. The van der Waals surface area contributed by atoms with Crippen LogP contribution in [0.2, 0.25) is 0 Å². The van der Waals surface area contributed by atoms with Gasteiger partial charge in [0.15, 0.2) is 0 Å². The van der Waals surface area contributed by atoms with Gasteiger partial charge in [-0.15, -0.1) is 12.8 Å². The summed E-state index contributed by atoms with van der Waals surface area (Å²) in [6.45, 7) is 4.49. The van der Waals surface area contributed by atoms with Crippen LogP contribution in [-0.2, 0) is 5.41 Å². The van der Waals surface area contributed by atoms with Gasteiger partial charge in [-0.2, -0.15) is 0 Å². The molecule has 0 fully saturated rings. The predicted molar refractivity (Wildman–Crippen MR) is 257 cm³/mol. The number of benzene rings is 8. The maximum Gasteiger partial charge on any atom is 0.266 e. The summed E-state index contributed by atoms with van der Waals surface area (Å²) in [5, 5.41) is 3.04. The molecule has 0 aliphatic carbocycles. The molecule has 0 spiro atoms. The topological polar surface area (TPSA) is 112 Å². The highest BCUT2D eigenvalue weighted by Gasteiger charge is 2.39. The van der Waals surface area contributed by atoms with Crippen molar-refractivity contribution in [2.24, 2.45) is 0 Å². The first kappa shape index (κ1) is 41.9. The number of amides is 4. The Balaban J connectivity index is 0.803. The second kappa shape index (κ2) is 16.8. The number of nitrogens with zero attached hydrogens (tertiary/aromatic N) is 2. The van der Waals surface area contributed by atoms with E-state index in [0.29, 0.717) is 57.0 Å². The van der Waals surface area contributed by atoms with Gasteiger partial charge >= 0.3 is 0 Å². The van der Waals surface area contributed by atoms with Crippen LogP contribution in [-0.4, -0.2) is 36.8 Å². The first-order valence-electron chi connectivity index (χ1n) is 21.3. The van der Waals surface area contributed by atoms with Crippen LogP contribution in [0.25, 0.3) is 21.5 Å². The second-order valence-corrected chi connectivity index (χ2v) is 16.5. The molecule has 0 saturated heterocycles. The Morgan fingerprint density at radius 2 is 0.806 bits per heavy atom. The van der Waals surface area contributed by atoms with Gasteiger partial charge in [0.2, 0.25) is 0 Å². The van der Waals surface area contributed by atoms with Gasteiger partial charge in [0.25, 0.3) is 23.6 Å².